The summed E-state index contributed by atoms with van der Waals surface area (Å²) < 4.78 is 0. The molecule has 18 heavy (non-hydrogen) atoms. The Hall–Kier alpha value is -2.09. The van der Waals surface area contributed by atoms with Gasteiger partial charge in [0.15, 0.2) is 5.78 Å². The number of hydrogen-bond donors (Lipinski definition) is 0. The van der Waals surface area contributed by atoms with Gasteiger partial charge in [-0.3, -0.25) is 25.0 Å². The second-order valence-corrected chi connectivity index (χ2v) is 4.54. The van der Waals surface area contributed by atoms with Gasteiger partial charge in [-0.15, -0.1) is 11.3 Å². The summed E-state index contributed by atoms with van der Waals surface area (Å²) in [5, 5.41) is 21.8. The van der Waals surface area contributed by atoms with Crippen molar-refractivity contribution in [1.29, 1.82) is 0 Å². The minimum atomic E-state index is -0.784. The second kappa shape index (κ2) is 5.50. The van der Waals surface area contributed by atoms with Crippen molar-refractivity contribution in [2.24, 2.45) is 0 Å². The van der Waals surface area contributed by atoms with E-state index in [0.717, 1.165) is 17.4 Å². The molecule has 0 aliphatic rings. The Morgan fingerprint density at radius 2 is 1.83 bits per heavy atom. The zero-order valence-corrected chi connectivity index (χ0v) is 10.5. The molecule has 0 radical (unpaired) electrons. The highest BCUT2D eigenvalue weighted by atomic mass is 32.1. The molecule has 8 heteroatoms. The number of ketones is 1. The number of allylic oxidation sites excluding steroid dienone is 1. The first kappa shape index (κ1) is 14.0. The van der Waals surface area contributed by atoms with Gasteiger partial charge in [0.25, 0.3) is 0 Å². The number of nitrogens with zero attached hydrogens (tertiary/aromatic N) is 2. The van der Waals surface area contributed by atoms with Gasteiger partial charge in [-0.05, 0) is 25.5 Å². The molecule has 0 amide bonds. The molecular weight excluding hydrogens is 260 g/mol. The van der Waals surface area contributed by atoms with Gasteiger partial charge in [-0.1, -0.05) is 6.92 Å². The first-order valence-corrected chi connectivity index (χ1v) is 5.83. The molecule has 7 nitrogen and oxygen atoms in total. The van der Waals surface area contributed by atoms with Crippen LogP contribution in [0.2, 0.25) is 0 Å². The Balaban J connectivity index is 3.47. The molecule has 1 aromatic heterocycles. The maximum absolute atomic E-state index is 10.9. The average Bonchev–Trinajstić information content (AvgIpc) is 2.64. The van der Waals surface area contributed by atoms with Crippen molar-refractivity contribution >= 4 is 34.6 Å². The van der Waals surface area contributed by atoms with Crippen molar-refractivity contribution in [3.63, 3.8) is 0 Å². The highest BCUT2D eigenvalue weighted by Crippen LogP contribution is 2.42. The first-order chi connectivity index (χ1) is 8.38. The van der Waals surface area contributed by atoms with E-state index in [1.165, 1.54) is 13.0 Å². The van der Waals surface area contributed by atoms with E-state index < -0.39 is 21.2 Å². The molecule has 0 saturated carbocycles. The molecule has 0 fully saturated rings. The van der Waals surface area contributed by atoms with Crippen LogP contribution in [0, 0.1) is 20.2 Å². The highest BCUT2D eigenvalue weighted by Gasteiger charge is 2.34. The van der Waals surface area contributed by atoms with Gasteiger partial charge < -0.3 is 0 Å². The van der Waals surface area contributed by atoms with Crippen molar-refractivity contribution in [2.75, 3.05) is 0 Å². The lowest BCUT2D eigenvalue weighted by atomic mass is 10.2. The SMILES string of the molecule is CCc1sc(/C=C/C(C)=O)c([N+](=O)[O-])c1[N+](=O)[O-]. The third-order valence-electron chi connectivity index (χ3n) is 2.11. The summed E-state index contributed by atoms with van der Waals surface area (Å²) in [5.41, 5.74) is -1.02. The number of nitro groups is 2. The standard InChI is InChI=1S/C10H10N2O5S/c1-3-7-9(11(14)15)10(12(16)17)8(18-7)5-4-6(2)13/h4-5H,3H2,1-2H3/b5-4+. The van der Waals surface area contributed by atoms with Crippen molar-refractivity contribution in [3.05, 3.63) is 36.1 Å². The molecule has 0 aliphatic heterocycles. The molecule has 1 rings (SSSR count). The molecule has 96 valence electrons. The minimum Gasteiger partial charge on any atom is -0.295 e. The van der Waals surface area contributed by atoms with Gasteiger partial charge in [-0.2, -0.15) is 0 Å². The molecule has 0 saturated heterocycles. The molecule has 0 N–H and O–H groups in total. The molecule has 1 aromatic rings. The first-order valence-electron chi connectivity index (χ1n) is 5.01. The number of thiophene rings is 1. The molecule has 0 atom stereocenters. The molecule has 0 spiro atoms. The molecule has 0 unspecified atom stereocenters. The zero-order valence-electron chi connectivity index (χ0n) is 9.71. The second-order valence-electron chi connectivity index (χ2n) is 3.40. The van der Waals surface area contributed by atoms with Crippen molar-refractivity contribution in [2.45, 2.75) is 20.3 Å². The van der Waals surface area contributed by atoms with E-state index in [0.29, 0.717) is 11.3 Å². The van der Waals surface area contributed by atoms with E-state index in [-0.39, 0.29) is 10.7 Å². The summed E-state index contributed by atoms with van der Waals surface area (Å²) in [6.45, 7) is 2.98. The molecule has 0 bridgehead atoms. The Bertz CT molecular complexity index is 547. The molecule has 0 aromatic carbocycles. The van der Waals surface area contributed by atoms with Crippen LogP contribution in [0.5, 0.6) is 0 Å². The summed E-state index contributed by atoms with van der Waals surface area (Å²) in [6.07, 6.45) is 2.73. The van der Waals surface area contributed by atoms with Crippen molar-refractivity contribution in [1.82, 2.24) is 0 Å². The van der Waals surface area contributed by atoms with E-state index >= 15 is 0 Å². The smallest absolute Gasteiger partial charge is 0.295 e. The van der Waals surface area contributed by atoms with Gasteiger partial charge in [0.1, 0.15) is 4.88 Å². The van der Waals surface area contributed by atoms with Crippen LogP contribution in [0.15, 0.2) is 6.08 Å². The van der Waals surface area contributed by atoms with E-state index in [9.17, 15) is 25.0 Å². The van der Waals surface area contributed by atoms with Crippen LogP contribution in [0.1, 0.15) is 23.6 Å². The van der Waals surface area contributed by atoms with Crippen LogP contribution in [-0.4, -0.2) is 15.6 Å². The average molecular weight is 270 g/mol. The Labute approximate surface area is 106 Å². The predicted octanol–water partition coefficient (Wildman–Crippen LogP) is 2.73. The fraction of sp³-hybridized carbons (Fsp3) is 0.300. The molecular formula is C10H10N2O5S. The lowest BCUT2D eigenvalue weighted by Gasteiger charge is -1.91. The molecule has 1 heterocycles. The van der Waals surface area contributed by atoms with Gasteiger partial charge in [0.2, 0.25) is 0 Å². The topological polar surface area (TPSA) is 103 Å². The largest absolute Gasteiger partial charge is 0.364 e. The third kappa shape index (κ3) is 2.77. The van der Waals surface area contributed by atoms with Crippen molar-refractivity contribution in [3.8, 4) is 0 Å². The van der Waals surface area contributed by atoms with Crippen LogP contribution in [0.3, 0.4) is 0 Å². The summed E-state index contributed by atoms with van der Waals surface area (Å²) in [7, 11) is 0. The number of carbonyl (C=O) groups excluding carboxylic acids is 1. The number of rotatable bonds is 5. The Morgan fingerprint density at radius 3 is 2.22 bits per heavy atom. The summed E-state index contributed by atoms with van der Waals surface area (Å²) in [4.78, 5) is 31.5. The number of hydrogen-bond acceptors (Lipinski definition) is 6. The van der Waals surface area contributed by atoms with E-state index in [2.05, 4.69) is 0 Å². The van der Waals surface area contributed by atoms with E-state index in [1.54, 1.807) is 6.92 Å². The van der Waals surface area contributed by atoms with Crippen LogP contribution in [-0.2, 0) is 11.2 Å². The van der Waals surface area contributed by atoms with Crippen LogP contribution < -0.4 is 0 Å². The summed E-state index contributed by atoms with van der Waals surface area (Å²) in [6, 6.07) is 0. The summed E-state index contributed by atoms with van der Waals surface area (Å²) in [5.74, 6) is -0.279. The van der Waals surface area contributed by atoms with Crippen LogP contribution in [0.25, 0.3) is 6.08 Å². The van der Waals surface area contributed by atoms with Gasteiger partial charge in [0.05, 0.1) is 14.7 Å². The monoisotopic (exact) mass is 270 g/mol. The van der Waals surface area contributed by atoms with Crippen molar-refractivity contribution < 1.29 is 14.6 Å². The van der Waals surface area contributed by atoms with Crippen LogP contribution >= 0.6 is 11.3 Å². The predicted molar refractivity (Wildman–Crippen MR) is 66.7 cm³/mol. The zero-order chi connectivity index (χ0) is 13.9. The normalized spacial score (nSPS) is 10.8. The fourth-order valence-corrected chi connectivity index (χ4v) is 2.47. The summed E-state index contributed by atoms with van der Waals surface area (Å²) >= 11 is 0.962. The number of carbonyl (C=O) groups is 1. The third-order valence-corrected chi connectivity index (χ3v) is 3.39. The van der Waals surface area contributed by atoms with Gasteiger partial charge in [-0.25, -0.2) is 0 Å². The quantitative estimate of drug-likeness (QED) is 0.465. The lowest BCUT2D eigenvalue weighted by Crippen LogP contribution is -1.96. The minimum absolute atomic E-state index is 0.124. The van der Waals surface area contributed by atoms with Crippen LogP contribution in [0.4, 0.5) is 11.4 Å². The highest BCUT2D eigenvalue weighted by molar-refractivity contribution is 7.14. The maximum atomic E-state index is 10.9. The van der Waals surface area contributed by atoms with E-state index in [4.69, 9.17) is 0 Å². The fourth-order valence-electron chi connectivity index (χ4n) is 1.39. The van der Waals surface area contributed by atoms with Gasteiger partial charge >= 0.3 is 11.4 Å². The molecule has 0 aliphatic carbocycles. The van der Waals surface area contributed by atoms with Gasteiger partial charge in [0, 0.05) is 0 Å². The Morgan fingerprint density at radius 1 is 1.28 bits per heavy atom. The Kier molecular flexibility index (Phi) is 4.27. The maximum Gasteiger partial charge on any atom is 0.364 e. The lowest BCUT2D eigenvalue weighted by molar-refractivity contribution is -0.422. The number of aryl methyl sites for hydroxylation is 1. The van der Waals surface area contributed by atoms with E-state index in [1.807, 2.05) is 0 Å².